The first-order chi connectivity index (χ1) is 15.0. The molecule has 2 heterocycles. The molecule has 8 nitrogen and oxygen atoms in total. The van der Waals surface area contributed by atoms with Gasteiger partial charge in [-0.05, 0) is 23.8 Å². The zero-order valence-electron chi connectivity index (χ0n) is 16.3. The number of nitrogens with one attached hydrogen (secondary N) is 1. The first-order valence-electron chi connectivity index (χ1n) is 9.14. The maximum atomic E-state index is 12.3. The zero-order chi connectivity index (χ0) is 21.8. The van der Waals surface area contributed by atoms with E-state index in [2.05, 4.69) is 15.3 Å². The van der Waals surface area contributed by atoms with Crippen molar-refractivity contribution in [2.24, 2.45) is 7.05 Å². The van der Waals surface area contributed by atoms with Gasteiger partial charge in [0.1, 0.15) is 0 Å². The molecule has 2 aromatic heterocycles. The fourth-order valence-electron chi connectivity index (χ4n) is 2.72. The summed E-state index contributed by atoms with van der Waals surface area (Å²) in [5.74, 6) is 0.859. The Hall–Kier alpha value is -2.89. The Morgan fingerprint density at radius 3 is 2.74 bits per heavy atom. The fraction of sp³-hybridized carbons (Fsp3) is 0.150. The topological polar surface area (TPSA) is 103 Å². The van der Waals surface area contributed by atoms with Crippen LogP contribution in [-0.2, 0) is 17.6 Å². The Balaban J connectivity index is 1.35. The number of thiazole rings is 1. The predicted octanol–water partition coefficient (Wildman–Crippen LogP) is 4.96. The summed E-state index contributed by atoms with van der Waals surface area (Å²) in [4.78, 5) is 31.4. The number of aromatic nitrogens is 3. The van der Waals surface area contributed by atoms with Gasteiger partial charge in [0.2, 0.25) is 5.91 Å². The molecule has 0 fully saturated rings. The van der Waals surface area contributed by atoms with Crippen LogP contribution in [0.2, 0.25) is 0 Å². The van der Waals surface area contributed by atoms with E-state index in [4.69, 9.17) is 0 Å². The summed E-state index contributed by atoms with van der Waals surface area (Å²) in [6.07, 6.45) is 3.55. The molecule has 0 unspecified atom stereocenters. The number of hydrogen-bond donors (Lipinski definition) is 1. The number of imidazole rings is 1. The van der Waals surface area contributed by atoms with Gasteiger partial charge in [0.15, 0.2) is 9.50 Å². The Kier molecular flexibility index (Phi) is 6.54. The number of carbonyl (C=O) groups excluding carboxylic acids is 1. The third-order valence-electron chi connectivity index (χ3n) is 4.27. The van der Waals surface area contributed by atoms with Crippen LogP contribution in [0, 0.1) is 10.1 Å². The molecular formula is C20H17N5O3S3. The van der Waals surface area contributed by atoms with Crippen molar-refractivity contribution in [3.8, 4) is 0 Å². The van der Waals surface area contributed by atoms with E-state index in [0.717, 1.165) is 31.0 Å². The maximum absolute atomic E-state index is 12.3. The van der Waals surface area contributed by atoms with Crippen molar-refractivity contribution in [1.29, 1.82) is 0 Å². The summed E-state index contributed by atoms with van der Waals surface area (Å²) in [5.41, 5.74) is 2.68. The highest BCUT2D eigenvalue weighted by atomic mass is 32.2. The molecule has 0 atom stereocenters. The minimum Gasteiger partial charge on any atom is -0.329 e. The predicted molar refractivity (Wildman–Crippen MR) is 125 cm³/mol. The fourth-order valence-corrected chi connectivity index (χ4v) is 5.52. The highest BCUT2D eigenvalue weighted by Crippen LogP contribution is 2.33. The third-order valence-corrected chi connectivity index (χ3v) is 7.56. The van der Waals surface area contributed by atoms with Crippen LogP contribution >= 0.6 is 34.9 Å². The SMILES string of the molecule is Cn1ccnc1SCC(=O)Nc1ccc2nc(SCc3ccc([N+](=O)[O-])cc3)sc2c1. The van der Waals surface area contributed by atoms with Gasteiger partial charge in [-0.15, -0.1) is 11.3 Å². The van der Waals surface area contributed by atoms with Crippen LogP contribution in [-0.4, -0.2) is 31.1 Å². The molecule has 4 rings (SSSR count). The number of rotatable bonds is 8. The van der Waals surface area contributed by atoms with Crippen molar-refractivity contribution in [3.05, 3.63) is 70.5 Å². The second-order valence-electron chi connectivity index (χ2n) is 6.53. The van der Waals surface area contributed by atoms with E-state index in [1.165, 1.54) is 23.9 Å². The number of fused-ring (bicyclic) bond motifs is 1. The number of hydrogen-bond acceptors (Lipinski definition) is 8. The smallest absolute Gasteiger partial charge is 0.269 e. The van der Waals surface area contributed by atoms with Gasteiger partial charge in [-0.25, -0.2) is 9.97 Å². The van der Waals surface area contributed by atoms with E-state index in [1.807, 2.05) is 36.0 Å². The molecule has 1 N–H and O–H groups in total. The van der Waals surface area contributed by atoms with Crippen LogP contribution in [0.25, 0.3) is 10.2 Å². The Morgan fingerprint density at radius 2 is 2.03 bits per heavy atom. The lowest BCUT2D eigenvalue weighted by Crippen LogP contribution is -2.14. The van der Waals surface area contributed by atoms with E-state index in [-0.39, 0.29) is 17.3 Å². The number of aryl methyl sites for hydroxylation is 1. The highest BCUT2D eigenvalue weighted by Gasteiger charge is 2.10. The highest BCUT2D eigenvalue weighted by molar-refractivity contribution is 8.00. The molecule has 11 heteroatoms. The molecule has 31 heavy (non-hydrogen) atoms. The van der Waals surface area contributed by atoms with Gasteiger partial charge in [0.25, 0.3) is 5.69 Å². The molecule has 0 saturated carbocycles. The van der Waals surface area contributed by atoms with Crippen molar-refractivity contribution >= 4 is 62.4 Å². The Morgan fingerprint density at radius 1 is 1.23 bits per heavy atom. The number of nitrogens with zero attached hydrogens (tertiary/aromatic N) is 4. The molecule has 0 spiro atoms. The summed E-state index contributed by atoms with van der Waals surface area (Å²) >= 11 is 4.52. The summed E-state index contributed by atoms with van der Waals surface area (Å²) < 4.78 is 3.76. The van der Waals surface area contributed by atoms with Gasteiger partial charge in [0.05, 0.1) is 20.9 Å². The molecule has 0 radical (unpaired) electrons. The van der Waals surface area contributed by atoms with Crippen LogP contribution in [0.5, 0.6) is 0 Å². The molecule has 0 aliphatic carbocycles. The minimum atomic E-state index is -0.405. The van der Waals surface area contributed by atoms with Gasteiger partial charge in [-0.3, -0.25) is 14.9 Å². The van der Waals surface area contributed by atoms with Crippen molar-refractivity contribution in [2.45, 2.75) is 15.2 Å². The molecule has 0 aliphatic heterocycles. The second kappa shape index (κ2) is 9.50. The number of nitro groups is 1. The quantitative estimate of drug-likeness (QED) is 0.220. The van der Waals surface area contributed by atoms with E-state index >= 15 is 0 Å². The van der Waals surface area contributed by atoms with E-state index < -0.39 is 4.92 Å². The van der Waals surface area contributed by atoms with Gasteiger partial charge in [-0.1, -0.05) is 35.7 Å². The lowest BCUT2D eigenvalue weighted by atomic mass is 10.2. The molecule has 0 aliphatic rings. The van der Waals surface area contributed by atoms with Crippen LogP contribution < -0.4 is 5.32 Å². The van der Waals surface area contributed by atoms with Crippen molar-refractivity contribution < 1.29 is 9.72 Å². The summed E-state index contributed by atoms with van der Waals surface area (Å²) in [7, 11) is 1.89. The monoisotopic (exact) mass is 471 g/mol. The first kappa shape index (κ1) is 21.3. The van der Waals surface area contributed by atoms with Gasteiger partial charge in [0, 0.05) is 43.0 Å². The zero-order valence-corrected chi connectivity index (χ0v) is 18.8. The normalized spacial score (nSPS) is 11.0. The van der Waals surface area contributed by atoms with Crippen molar-refractivity contribution in [3.63, 3.8) is 0 Å². The minimum absolute atomic E-state index is 0.0848. The Bertz CT molecular complexity index is 1240. The largest absolute Gasteiger partial charge is 0.329 e. The number of anilines is 1. The standard InChI is InChI=1S/C20H17N5O3S3/c1-24-9-8-21-19(24)29-12-18(26)22-14-4-7-16-17(10-14)31-20(23-16)30-11-13-2-5-15(6-3-13)25(27)28/h2-10H,11-12H2,1H3,(H,22,26). The van der Waals surface area contributed by atoms with Crippen molar-refractivity contribution in [1.82, 2.24) is 14.5 Å². The Labute approximate surface area is 190 Å². The summed E-state index contributed by atoms with van der Waals surface area (Å²) in [5, 5.41) is 14.5. The number of nitro benzene ring substituents is 1. The molecule has 158 valence electrons. The summed E-state index contributed by atoms with van der Waals surface area (Å²) in [6, 6.07) is 12.2. The van der Waals surface area contributed by atoms with Crippen LogP contribution in [0.15, 0.2) is 64.4 Å². The van der Waals surface area contributed by atoms with E-state index in [0.29, 0.717) is 5.75 Å². The van der Waals surface area contributed by atoms with Crippen molar-refractivity contribution in [2.75, 3.05) is 11.1 Å². The molecular weight excluding hydrogens is 454 g/mol. The molecule has 0 saturated heterocycles. The second-order valence-corrected chi connectivity index (χ2v) is 9.73. The number of thioether (sulfide) groups is 2. The van der Waals surface area contributed by atoms with E-state index in [9.17, 15) is 14.9 Å². The molecule has 0 bridgehead atoms. The first-order valence-corrected chi connectivity index (χ1v) is 11.9. The molecule has 1 amide bonds. The van der Waals surface area contributed by atoms with Crippen LogP contribution in [0.1, 0.15) is 5.56 Å². The molecule has 4 aromatic rings. The summed E-state index contributed by atoms with van der Waals surface area (Å²) in [6.45, 7) is 0. The number of amides is 1. The number of benzene rings is 2. The van der Waals surface area contributed by atoms with Crippen LogP contribution in [0.3, 0.4) is 0 Å². The third kappa shape index (κ3) is 5.43. The number of non-ortho nitro benzene ring substituents is 1. The lowest BCUT2D eigenvalue weighted by molar-refractivity contribution is -0.384. The van der Waals surface area contributed by atoms with Gasteiger partial charge < -0.3 is 9.88 Å². The van der Waals surface area contributed by atoms with Gasteiger partial charge >= 0.3 is 0 Å². The van der Waals surface area contributed by atoms with Crippen LogP contribution in [0.4, 0.5) is 11.4 Å². The maximum Gasteiger partial charge on any atom is 0.269 e. The van der Waals surface area contributed by atoms with Gasteiger partial charge in [-0.2, -0.15) is 0 Å². The lowest BCUT2D eigenvalue weighted by Gasteiger charge is -2.05. The average molecular weight is 472 g/mol. The molecule has 2 aromatic carbocycles. The van der Waals surface area contributed by atoms with E-state index in [1.54, 1.807) is 41.4 Å². The average Bonchev–Trinajstić information content (AvgIpc) is 3.36. The number of carbonyl (C=O) groups is 1.